The Balaban J connectivity index is 1.83. The quantitative estimate of drug-likeness (QED) is 0.731. The van der Waals surface area contributed by atoms with Crippen molar-refractivity contribution in [1.29, 1.82) is 0 Å². The van der Waals surface area contributed by atoms with Gasteiger partial charge in [-0.05, 0) is 32.1 Å². The van der Waals surface area contributed by atoms with Crippen LogP contribution in [0.1, 0.15) is 32.6 Å². The summed E-state index contributed by atoms with van der Waals surface area (Å²) in [6, 6.07) is 0. The average Bonchev–Trinajstić information content (AvgIpc) is 2.47. The molecule has 2 aliphatic heterocycles. The molecule has 0 amide bonds. The summed E-state index contributed by atoms with van der Waals surface area (Å²) in [5.41, 5.74) is -0.554. The van der Waals surface area contributed by atoms with Gasteiger partial charge in [-0.25, -0.2) is 0 Å². The Morgan fingerprint density at radius 2 is 2.07 bits per heavy atom. The van der Waals surface area contributed by atoms with Crippen LogP contribution >= 0.6 is 0 Å². The first kappa shape index (κ1) is 10.4. The van der Waals surface area contributed by atoms with E-state index in [-0.39, 0.29) is 6.10 Å². The van der Waals surface area contributed by atoms with Gasteiger partial charge in [-0.15, -0.1) is 0 Å². The summed E-state index contributed by atoms with van der Waals surface area (Å²) < 4.78 is 10.7. The van der Waals surface area contributed by atoms with Crippen LogP contribution in [0, 0.1) is 5.92 Å². The van der Waals surface area contributed by atoms with E-state index >= 15 is 0 Å². The molecule has 2 atom stereocenters. The van der Waals surface area contributed by atoms with Gasteiger partial charge in [0.25, 0.3) is 0 Å². The minimum absolute atomic E-state index is 0.222. The Bertz CT molecular complexity index is 189. The van der Waals surface area contributed by atoms with Crippen molar-refractivity contribution in [1.82, 2.24) is 0 Å². The summed E-state index contributed by atoms with van der Waals surface area (Å²) in [4.78, 5) is 0. The van der Waals surface area contributed by atoms with E-state index in [1.165, 1.54) is 0 Å². The fourth-order valence-electron chi connectivity index (χ4n) is 2.58. The minimum atomic E-state index is -0.554. The van der Waals surface area contributed by atoms with E-state index in [2.05, 4.69) is 0 Å². The molecule has 2 saturated heterocycles. The topological polar surface area (TPSA) is 38.7 Å². The highest BCUT2D eigenvalue weighted by Gasteiger charge is 2.38. The van der Waals surface area contributed by atoms with Crippen molar-refractivity contribution in [3.8, 4) is 0 Å². The van der Waals surface area contributed by atoms with E-state index in [0.29, 0.717) is 12.5 Å². The normalized spacial score (nSPS) is 40.3. The lowest BCUT2D eigenvalue weighted by Crippen LogP contribution is -2.33. The molecule has 0 aromatic heterocycles. The molecule has 0 radical (unpaired) electrons. The molecular weight excluding hydrogens is 180 g/mol. The second-order valence-corrected chi connectivity index (χ2v) is 4.81. The molecule has 2 heterocycles. The smallest absolute Gasteiger partial charge is 0.0907 e. The summed E-state index contributed by atoms with van der Waals surface area (Å²) in [6.45, 7) is 4.27. The highest BCUT2D eigenvalue weighted by atomic mass is 16.5. The second-order valence-electron chi connectivity index (χ2n) is 4.81. The summed E-state index contributed by atoms with van der Waals surface area (Å²) in [6.07, 6.45) is 4.10. The molecule has 3 heteroatoms. The van der Waals surface area contributed by atoms with Crippen molar-refractivity contribution in [2.75, 3.05) is 19.8 Å². The highest BCUT2D eigenvalue weighted by molar-refractivity contribution is 4.88. The van der Waals surface area contributed by atoms with Crippen LogP contribution in [0.4, 0.5) is 0 Å². The molecule has 2 rings (SSSR count). The van der Waals surface area contributed by atoms with E-state index in [9.17, 15) is 5.11 Å². The molecule has 2 unspecified atom stereocenters. The van der Waals surface area contributed by atoms with Gasteiger partial charge in [-0.3, -0.25) is 0 Å². The first-order valence-corrected chi connectivity index (χ1v) is 5.60. The fraction of sp³-hybridized carbons (Fsp3) is 1.00. The number of hydrogen-bond donors (Lipinski definition) is 1. The molecule has 3 nitrogen and oxygen atoms in total. The molecule has 0 spiro atoms. The minimum Gasteiger partial charge on any atom is -0.387 e. The molecule has 0 aromatic carbocycles. The Labute approximate surface area is 85.4 Å². The van der Waals surface area contributed by atoms with Gasteiger partial charge in [0.15, 0.2) is 0 Å². The molecule has 1 N–H and O–H groups in total. The summed E-state index contributed by atoms with van der Waals surface area (Å²) in [7, 11) is 0. The fourth-order valence-corrected chi connectivity index (χ4v) is 2.58. The number of ether oxygens (including phenoxy) is 2. The van der Waals surface area contributed by atoms with Crippen molar-refractivity contribution in [3.05, 3.63) is 0 Å². The Morgan fingerprint density at radius 1 is 1.36 bits per heavy atom. The lowest BCUT2D eigenvalue weighted by molar-refractivity contribution is -0.0181. The van der Waals surface area contributed by atoms with Crippen molar-refractivity contribution < 1.29 is 14.6 Å². The van der Waals surface area contributed by atoms with E-state index in [1.54, 1.807) is 0 Å². The first-order valence-electron chi connectivity index (χ1n) is 5.60. The maximum Gasteiger partial charge on any atom is 0.0907 e. The monoisotopic (exact) mass is 200 g/mol. The van der Waals surface area contributed by atoms with Crippen LogP contribution in [0.5, 0.6) is 0 Å². The lowest BCUT2D eigenvalue weighted by atomic mass is 9.84. The van der Waals surface area contributed by atoms with Crippen LogP contribution in [-0.2, 0) is 9.47 Å². The predicted octanol–water partition coefficient (Wildman–Crippen LogP) is 1.34. The molecule has 2 aliphatic rings. The number of hydrogen-bond acceptors (Lipinski definition) is 3. The Morgan fingerprint density at radius 3 is 2.64 bits per heavy atom. The van der Waals surface area contributed by atoms with Gasteiger partial charge >= 0.3 is 0 Å². The Kier molecular flexibility index (Phi) is 3.10. The van der Waals surface area contributed by atoms with Gasteiger partial charge in [-0.2, -0.15) is 0 Å². The first-order chi connectivity index (χ1) is 6.68. The third-order valence-electron chi connectivity index (χ3n) is 3.31. The van der Waals surface area contributed by atoms with Gasteiger partial charge in [0.2, 0.25) is 0 Å². The molecule has 0 bridgehead atoms. The van der Waals surface area contributed by atoms with Gasteiger partial charge in [0.1, 0.15) is 0 Å². The zero-order valence-corrected chi connectivity index (χ0v) is 8.87. The average molecular weight is 200 g/mol. The van der Waals surface area contributed by atoms with Gasteiger partial charge < -0.3 is 14.6 Å². The third kappa shape index (κ3) is 2.47. The van der Waals surface area contributed by atoms with Crippen molar-refractivity contribution in [3.63, 3.8) is 0 Å². The zero-order valence-electron chi connectivity index (χ0n) is 8.87. The largest absolute Gasteiger partial charge is 0.387 e. The van der Waals surface area contributed by atoms with Crippen LogP contribution < -0.4 is 0 Å². The van der Waals surface area contributed by atoms with Crippen molar-refractivity contribution in [2.45, 2.75) is 44.3 Å². The third-order valence-corrected chi connectivity index (χ3v) is 3.31. The lowest BCUT2D eigenvalue weighted by Gasteiger charge is -2.29. The number of rotatable bonds is 2. The van der Waals surface area contributed by atoms with E-state index in [0.717, 1.165) is 38.9 Å². The van der Waals surface area contributed by atoms with E-state index in [1.807, 2.05) is 6.92 Å². The molecule has 2 fully saturated rings. The molecule has 0 aliphatic carbocycles. The predicted molar refractivity (Wildman–Crippen MR) is 53.1 cm³/mol. The molecular formula is C11H20O3. The summed E-state index contributed by atoms with van der Waals surface area (Å²) in [5.74, 6) is 0.627. The summed E-state index contributed by atoms with van der Waals surface area (Å²) >= 11 is 0. The van der Waals surface area contributed by atoms with Crippen molar-refractivity contribution in [2.24, 2.45) is 5.92 Å². The summed E-state index contributed by atoms with van der Waals surface area (Å²) in [5, 5.41) is 10.2. The van der Waals surface area contributed by atoms with Crippen LogP contribution in [0.15, 0.2) is 0 Å². The van der Waals surface area contributed by atoms with Crippen LogP contribution in [0.3, 0.4) is 0 Å². The van der Waals surface area contributed by atoms with Gasteiger partial charge in [0, 0.05) is 19.6 Å². The molecule has 14 heavy (non-hydrogen) atoms. The highest BCUT2D eigenvalue weighted by Crippen LogP contribution is 2.33. The standard InChI is InChI=1S/C11H20O3/c1-9-6-11(12,8-14-9)7-10-2-4-13-5-3-10/h9-10,12H,2-8H2,1H3. The zero-order chi connectivity index (χ0) is 10.0. The molecule has 82 valence electrons. The van der Waals surface area contributed by atoms with E-state index in [4.69, 9.17) is 9.47 Å². The van der Waals surface area contributed by atoms with Crippen LogP contribution in [0.2, 0.25) is 0 Å². The SMILES string of the molecule is CC1CC(O)(CC2CCOCC2)CO1. The molecule has 0 aromatic rings. The van der Waals surface area contributed by atoms with Crippen LogP contribution in [-0.4, -0.2) is 36.6 Å². The second kappa shape index (κ2) is 4.17. The van der Waals surface area contributed by atoms with Gasteiger partial charge in [-0.1, -0.05) is 0 Å². The van der Waals surface area contributed by atoms with Crippen molar-refractivity contribution >= 4 is 0 Å². The maximum absolute atomic E-state index is 10.2. The number of aliphatic hydroxyl groups is 1. The van der Waals surface area contributed by atoms with E-state index < -0.39 is 5.60 Å². The van der Waals surface area contributed by atoms with Gasteiger partial charge in [0.05, 0.1) is 18.3 Å². The molecule has 0 saturated carbocycles. The maximum atomic E-state index is 10.2. The van der Waals surface area contributed by atoms with Crippen LogP contribution in [0.25, 0.3) is 0 Å². The Hall–Kier alpha value is -0.120.